The molecule has 2 N–H and O–H groups in total. The first-order chi connectivity index (χ1) is 14.5. The van der Waals surface area contributed by atoms with Crippen molar-refractivity contribution in [3.05, 3.63) is 65.7 Å². The lowest BCUT2D eigenvalue weighted by Crippen LogP contribution is -2.40. The maximum Gasteiger partial charge on any atom is 0.243 e. The second-order valence-electron chi connectivity index (χ2n) is 7.40. The van der Waals surface area contributed by atoms with Crippen LogP contribution in [-0.4, -0.2) is 50.6 Å². The zero-order chi connectivity index (χ0) is 21.8. The average Bonchev–Trinajstić information content (AvgIpc) is 2.76. The number of benzene rings is 2. The van der Waals surface area contributed by atoms with Crippen LogP contribution in [0.25, 0.3) is 0 Å². The Labute approximate surface area is 180 Å². The molecule has 0 bridgehead atoms. The average molecular weight is 411 g/mol. The molecule has 162 valence electrons. The highest BCUT2D eigenvalue weighted by Gasteiger charge is 2.09. The fraction of sp³-hybridized carbons (Fsp3) is 0.417. The number of carbonyl (C=O) groups excluding carboxylic acids is 1. The Kier molecular flexibility index (Phi) is 9.71. The molecule has 1 unspecified atom stereocenters. The maximum absolute atomic E-state index is 12.0. The molecule has 30 heavy (non-hydrogen) atoms. The van der Waals surface area contributed by atoms with E-state index in [4.69, 9.17) is 4.74 Å². The summed E-state index contributed by atoms with van der Waals surface area (Å²) in [5, 5.41) is 6.75. The van der Waals surface area contributed by atoms with Crippen LogP contribution < -0.4 is 15.4 Å². The summed E-state index contributed by atoms with van der Waals surface area (Å²) in [4.78, 5) is 18.0. The van der Waals surface area contributed by atoms with E-state index in [1.165, 1.54) is 5.56 Å². The van der Waals surface area contributed by atoms with E-state index in [2.05, 4.69) is 53.7 Å². The zero-order valence-electron chi connectivity index (χ0n) is 18.5. The van der Waals surface area contributed by atoms with Crippen molar-refractivity contribution < 1.29 is 9.53 Å². The van der Waals surface area contributed by atoms with Crippen LogP contribution in [0.2, 0.25) is 0 Å². The minimum absolute atomic E-state index is 0.0377. The third-order valence-corrected chi connectivity index (χ3v) is 4.60. The molecule has 2 rings (SSSR count). The van der Waals surface area contributed by atoms with Gasteiger partial charge < -0.3 is 20.3 Å². The highest BCUT2D eigenvalue weighted by Crippen LogP contribution is 2.14. The number of hydrogen-bond acceptors (Lipinski definition) is 3. The molecule has 0 saturated carbocycles. The standard InChI is InChI=1S/C24H34N4O2/c1-5-16-30-22-13-9-10-20(17-22)14-15-25-24(26-18-23(29)28(3)4)27-19(2)21-11-7-6-8-12-21/h6-13,17,19H,5,14-16,18H2,1-4H3,(H2,25,26,27). The molecule has 0 aromatic heterocycles. The van der Waals surface area contributed by atoms with E-state index in [9.17, 15) is 4.79 Å². The van der Waals surface area contributed by atoms with Crippen LogP contribution in [0.4, 0.5) is 0 Å². The number of guanidine groups is 1. The predicted octanol–water partition coefficient (Wildman–Crippen LogP) is 3.40. The Morgan fingerprint density at radius 2 is 1.90 bits per heavy atom. The molecule has 0 spiro atoms. The van der Waals surface area contributed by atoms with E-state index in [1.54, 1.807) is 19.0 Å². The van der Waals surface area contributed by atoms with Crippen molar-refractivity contribution in [3.8, 4) is 5.75 Å². The molecule has 0 aliphatic heterocycles. The summed E-state index contributed by atoms with van der Waals surface area (Å²) in [6.07, 6.45) is 1.81. The summed E-state index contributed by atoms with van der Waals surface area (Å²) in [5.74, 6) is 1.49. The molecule has 1 atom stereocenters. The van der Waals surface area contributed by atoms with Crippen molar-refractivity contribution in [2.45, 2.75) is 32.7 Å². The topological polar surface area (TPSA) is 66.0 Å². The molecule has 0 aliphatic rings. The van der Waals surface area contributed by atoms with Gasteiger partial charge in [-0.05, 0) is 43.0 Å². The number of nitrogens with one attached hydrogen (secondary N) is 2. The lowest BCUT2D eigenvalue weighted by Gasteiger charge is -2.19. The Bertz CT molecular complexity index is 806. The number of nitrogens with zero attached hydrogens (tertiary/aromatic N) is 2. The van der Waals surface area contributed by atoms with Crippen LogP contribution in [0.15, 0.2) is 59.6 Å². The van der Waals surface area contributed by atoms with Gasteiger partial charge in [-0.25, -0.2) is 4.99 Å². The van der Waals surface area contributed by atoms with Crippen molar-refractivity contribution in [1.29, 1.82) is 0 Å². The Morgan fingerprint density at radius 1 is 1.13 bits per heavy atom. The second-order valence-corrected chi connectivity index (χ2v) is 7.40. The molecule has 0 radical (unpaired) electrons. The summed E-state index contributed by atoms with van der Waals surface area (Å²) in [7, 11) is 3.47. The van der Waals surface area contributed by atoms with Gasteiger partial charge in [0.05, 0.1) is 12.6 Å². The molecule has 6 nitrogen and oxygen atoms in total. The van der Waals surface area contributed by atoms with Gasteiger partial charge in [0.15, 0.2) is 5.96 Å². The van der Waals surface area contributed by atoms with Crippen molar-refractivity contribution in [2.75, 3.05) is 33.8 Å². The van der Waals surface area contributed by atoms with Gasteiger partial charge in [0.1, 0.15) is 12.3 Å². The first-order valence-electron chi connectivity index (χ1n) is 10.5. The van der Waals surface area contributed by atoms with E-state index >= 15 is 0 Å². The Balaban J connectivity index is 1.98. The van der Waals surface area contributed by atoms with Crippen LogP contribution in [0.3, 0.4) is 0 Å². The molecule has 6 heteroatoms. The summed E-state index contributed by atoms with van der Waals surface area (Å²) in [6.45, 7) is 5.69. The van der Waals surface area contributed by atoms with E-state index in [1.807, 2.05) is 30.3 Å². The van der Waals surface area contributed by atoms with Crippen molar-refractivity contribution in [3.63, 3.8) is 0 Å². The molecule has 0 aliphatic carbocycles. The van der Waals surface area contributed by atoms with E-state index in [0.29, 0.717) is 12.5 Å². The monoisotopic (exact) mass is 410 g/mol. The van der Waals surface area contributed by atoms with Crippen LogP contribution in [0.5, 0.6) is 5.75 Å². The molecule has 0 heterocycles. The van der Waals surface area contributed by atoms with E-state index < -0.39 is 0 Å². The quantitative estimate of drug-likeness (QED) is 0.465. The first-order valence-corrected chi connectivity index (χ1v) is 10.5. The third-order valence-electron chi connectivity index (χ3n) is 4.60. The summed E-state index contributed by atoms with van der Waals surface area (Å²) in [5.41, 5.74) is 2.35. The lowest BCUT2D eigenvalue weighted by atomic mass is 10.1. The number of rotatable bonds is 10. The van der Waals surface area contributed by atoms with Gasteiger partial charge >= 0.3 is 0 Å². The van der Waals surface area contributed by atoms with Crippen molar-refractivity contribution in [1.82, 2.24) is 15.5 Å². The fourth-order valence-corrected chi connectivity index (χ4v) is 2.81. The van der Waals surface area contributed by atoms with Crippen LogP contribution >= 0.6 is 0 Å². The molecule has 2 aromatic carbocycles. The van der Waals surface area contributed by atoms with Gasteiger partial charge in [0.2, 0.25) is 5.91 Å². The van der Waals surface area contributed by atoms with Crippen LogP contribution in [-0.2, 0) is 11.2 Å². The number of aliphatic imine (C=N–C) groups is 1. The Hall–Kier alpha value is -3.02. The minimum Gasteiger partial charge on any atom is -0.494 e. The van der Waals surface area contributed by atoms with Gasteiger partial charge in [-0.1, -0.05) is 49.4 Å². The molecule has 1 amide bonds. The summed E-state index contributed by atoms with van der Waals surface area (Å²) in [6, 6.07) is 18.4. The van der Waals surface area contributed by atoms with Gasteiger partial charge in [-0.2, -0.15) is 0 Å². The van der Waals surface area contributed by atoms with Crippen LogP contribution in [0, 0.1) is 0 Å². The summed E-state index contributed by atoms with van der Waals surface area (Å²) < 4.78 is 5.71. The number of likely N-dealkylation sites (N-methyl/N-ethyl adjacent to an activating group) is 1. The number of ether oxygens (including phenoxy) is 1. The number of amides is 1. The van der Waals surface area contributed by atoms with Gasteiger partial charge in [-0.15, -0.1) is 0 Å². The highest BCUT2D eigenvalue weighted by molar-refractivity contribution is 5.85. The second kappa shape index (κ2) is 12.5. The lowest BCUT2D eigenvalue weighted by molar-refractivity contribution is -0.127. The largest absolute Gasteiger partial charge is 0.494 e. The normalized spacial score (nSPS) is 12.2. The highest BCUT2D eigenvalue weighted by atomic mass is 16.5. The predicted molar refractivity (Wildman–Crippen MR) is 123 cm³/mol. The SMILES string of the molecule is CCCOc1cccc(CCNC(=NCC(=O)N(C)C)NC(C)c2ccccc2)c1. The van der Waals surface area contributed by atoms with Gasteiger partial charge in [-0.3, -0.25) is 4.79 Å². The fourth-order valence-electron chi connectivity index (χ4n) is 2.81. The molecule has 0 fully saturated rings. The van der Waals surface area contributed by atoms with E-state index in [-0.39, 0.29) is 18.5 Å². The molecular formula is C24H34N4O2. The zero-order valence-corrected chi connectivity index (χ0v) is 18.5. The number of carbonyl (C=O) groups is 1. The van der Waals surface area contributed by atoms with Gasteiger partial charge in [0.25, 0.3) is 0 Å². The van der Waals surface area contributed by atoms with Crippen LogP contribution in [0.1, 0.15) is 37.4 Å². The van der Waals surface area contributed by atoms with E-state index in [0.717, 1.165) is 30.8 Å². The molecule has 2 aromatic rings. The third kappa shape index (κ3) is 8.15. The first kappa shape index (κ1) is 23.3. The van der Waals surface area contributed by atoms with Gasteiger partial charge in [0, 0.05) is 20.6 Å². The Morgan fingerprint density at radius 3 is 2.60 bits per heavy atom. The smallest absolute Gasteiger partial charge is 0.243 e. The molecular weight excluding hydrogens is 376 g/mol. The van der Waals surface area contributed by atoms with Crippen molar-refractivity contribution in [2.24, 2.45) is 4.99 Å². The summed E-state index contributed by atoms with van der Waals surface area (Å²) >= 11 is 0. The van der Waals surface area contributed by atoms with Crippen molar-refractivity contribution >= 4 is 11.9 Å². The molecule has 0 saturated heterocycles. The maximum atomic E-state index is 12.0. The minimum atomic E-state index is -0.0377. The number of hydrogen-bond donors (Lipinski definition) is 2.